The molecule has 5 nitrogen and oxygen atoms in total. The summed E-state index contributed by atoms with van der Waals surface area (Å²) in [5, 5.41) is 0. The van der Waals surface area contributed by atoms with Crippen LogP contribution in [-0.2, 0) is 24.3 Å². The fourth-order valence-electron chi connectivity index (χ4n) is 3.07. The molecular weight excluding hydrogens is 342 g/mol. The molecule has 0 unspecified atom stereocenters. The van der Waals surface area contributed by atoms with Crippen molar-refractivity contribution in [1.29, 1.82) is 0 Å². The number of hydrogen-bond acceptors (Lipinski definition) is 4. The van der Waals surface area contributed by atoms with E-state index in [0.29, 0.717) is 37.4 Å². The van der Waals surface area contributed by atoms with Gasteiger partial charge in [0.05, 0.1) is 6.54 Å². The Morgan fingerprint density at radius 3 is 2.59 bits per heavy atom. The van der Waals surface area contributed by atoms with E-state index in [4.69, 9.17) is 9.47 Å². The second-order valence-electron chi connectivity index (χ2n) is 7.70. The van der Waals surface area contributed by atoms with Crippen molar-refractivity contribution in [3.8, 4) is 5.75 Å². The highest BCUT2D eigenvalue weighted by atomic mass is 16.6. The smallest absolute Gasteiger partial charge is 0.410 e. The second kappa shape index (κ2) is 7.82. The molecule has 5 heteroatoms. The Morgan fingerprint density at radius 2 is 1.93 bits per heavy atom. The Bertz CT molecular complexity index is 824. The van der Waals surface area contributed by atoms with E-state index < -0.39 is 5.60 Å². The van der Waals surface area contributed by atoms with Crippen molar-refractivity contribution in [2.45, 2.75) is 45.9 Å². The van der Waals surface area contributed by atoms with E-state index in [1.54, 1.807) is 11.0 Å². The van der Waals surface area contributed by atoms with E-state index in [1.165, 1.54) is 0 Å². The van der Waals surface area contributed by atoms with Gasteiger partial charge in [-0.15, -0.1) is 0 Å². The largest absolute Gasteiger partial charge is 0.489 e. The molecule has 0 atom stereocenters. The SMILES string of the molecule is CC(C)(C)OC(=O)N1CCc2cc(C=O)cc(OCc3ccccc3)c2C1. The van der Waals surface area contributed by atoms with E-state index in [0.717, 1.165) is 23.0 Å². The highest BCUT2D eigenvalue weighted by molar-refractivity contribution is 5.77. The zero-order chi connectivity index (χ0) is 19.4. The molecule has 1 heterocycles. The second-order valence-corrected chi connectivity index (χ2v) is 7.70. The number of carbonyl (C=O) groups excluding carboxylic acids is 2. The molecule has 0 fully saturated rings. The van der Waals surface area contributed by atoms with Crippen LogP contribution in [-0.4, -0.2) is 29.4 Å². The molecule has 0 spiro atoms. The van der Waals surface area contributed by atoms with Crippen LogP contribution >= 0.6 is 0 Å². The molecule has 3 rings (SSSR count). The molecule has 142 valence electrons. The van der Waals surface area contributed by atoms with Gasteiger partial charge in [0, 0.05) is 17.7 Å². The van der Waals surface area contributed by atoms with Crippen molar-refractivity contribution in [3.63, 3.8) is 0 Å². The van der Waals surface area contributed by atoms with Crippen LogP contribution in [0, 0.1) is 0 Å². The summed E-state index contributed by atoms with van der Waals surface area (Å²) >= 11 is 0. The third-order valence-corrected chi connectivity index (χ3v) is 4.35. The number of hydrogen-bond donors (Lipinski definition) is 0. The molecule has 0 radical (unpaired) electrons. The van der Waals surface area contributed by atoms with Gasteiger partial charge in [-0.25, -0.2) is 4.79 Å². The van der Waals surface area contributed by atoms with Gasteiger partial charge in [0.25, 0.3) is 0 Å². The Hall–Kier alpha value is -2.82. The van der Waals surface area contributed by atoms with Gasteiger partial charge < -0.3 is 14.4 Å². The minimum atomic E-state index is -0.536. The molecule has 1 aliphatic heterocycles. The lowest BCUT2D eigenvalue weighted by molar-refractivity contribution is 0.0222. The molecule has 1 amide bonds. The molecule has 1 aliphatic rings. The van der Waals surface area contributed by atoms with Crippen LogP contribution in [0.4, 0.5) is 4.79 Å². The van der Waals surface area contributed by atoms with Crippen molar-refractivity contribution < 1.29 is 19.1 Å². The predicted octanol–water partition coefficient (Wildman–Crippen LogP) is 4.37. The average molecular weight is 367 g/mol. The van der Waals surface area contributed by atoms with Gasteiger partial charge in [0.15, 0.2) is 0 Å². The zero-order valence-electron chi connectivity index (χ0n) is 16.0. The van der Waals surface area contributed by atoms with Gasteiger partial charge in [-0.2, -0.15) is 0 Å². The molecule has 0 saturated heterocycles. The van der Waals surface area contributed by atoms with E-state index in [-0.39, 0.29) is 6.09 Å². The molecule has 0 aliphatic carbocycles. The summed E-state index contributed by atoms with van der Waals surface area (Å²) in [6.45, 7) is 6.94. The number of nitrogens with zero attached hydrogens (tertiary/aromatic N) is 1. The van der Waals surface area contributed by atoms with Gasteiger partial charge in [-0.1, -0.05) is 30.3 Å². The number of amides is 1. The van der Waals surface area contributed by atoms with Crippen LogP contribution < -0.4 is 4.74 Å². The van der Waals surface area contributed by atoms with Crippen molar-refractivity contribution in [1.82, 2.24) is 4.90 Å². The van der Waals surface area contributed by atoms with Gasteiger partial charge in [-0.05, 0) is 50.5 Å². The maximum absolute atomic E-state index is 12.4. The Kier molecular flexibility index (Phi) is 5.49. The number of rotatable bonds is 4. The van der Waals surface area contributed by atoms with Crippen molar-refractivity contribution in [2.24, 2.45) is 0 Å². The van der Waals surface area contributed by atoms with Gasteiger partial charge >= 0.3 is 6.09 Å². The van der Waals surface area contributed by atoms with E-state index in [9.17, 15) is 9.59 Å². The van der Waals surface area contributed by atoms with Crippen molar-refractivity contribution in [3.05, 3.63) is 64.7 Å². The first-order valence-corrected chi connectivity index (χ1v) is 9.11. The average Bonchev–Trinajstić information content (AvgIpc) is 2.65. The summed E-state index contributed by atoms with van der Waals surface area (Å²) < 4.78 is 11.5. The van der Waals surface area contributed by atoms with E-state index in [1.807, 2.05) is 57.2 Å². The molecule has 0 aromatic heterocycles. The normalized spacial score (nSPS) is 13.7. The molecule has 0 saturated carbocycles. The summed E-state index contributed by atoms with van der Waals surface area (Å²) in [5.74, 6) is 0.645. The highest BCUT2D eigenvalue weighted by Gasteiger charge is 2.27. The Balaban J connectivity index is 1.82. The number of carbonyl (C=O) groups is 2. The van der Waals surface area contributed by atoms with Gasteiger partial charge in [0.1, 0.15) is 24.2 Å². The first kappa shape index (κ1) is 19.0. The minimum Gasteiger partial charge on any atom is -0.489 e. The third kappa shape index (κ3) is 4.88. The van der Waals surface area contributed by atoms with E-state index >= 15 is 0 Å². The standard InChI is InChI=1S/C22H25NO4/c1-22(2,3)27-21(25)23-10-9-18-11-17(14-24)12-20(19(18)13-23)26-15-16-7-5-4-6-8-16/h4-8,11-12,14H,9-10,13,15H2,1-3H3. The molecule has 2 aromatic carbocycles. The van der Waals surface area contributed by atoms with Crippen LogP contribution in [0.1, 0.15) is 47.8 Å². The summed E-state index contributed by atoms with van der Waals surface area (Å²) in [6, 6.07) is 13.5. The first-order chi connectivity index (χ1) is 12.9. The van der Waals surface area contributed by atoms with Crippen molar-refractivity contribution in [2.75, 3.05) is 6.54 Å². The number of ether oxygens (including phenoxy) is 2. The predicted molar refractivity (Wildman–Crippen MR) is 103 cm³/mol. The molecule has 0 bridgehead atoms. The zero-order valence-corrected chi connectivity index (χ0v) is 16.0. The monoisotopic (exact) mass is 367 g/mol. The Labute approximate surface area is 159 Å². The summed E-state index contributed by atoms with van der Waals surface area (Å²) in [7, 11) is 0. The van der Waals surface area contributed by atoms with Gasteiger partial charge in [0.2, 0.25) is 0 Å². The number of aldehydes is 1. The summed E-state index contributed by atoms with van der Waals surface area (Å²) in [5.41, 5.74) is 3.08. The Morgan fingerprint density at radius 1 is 1.19 bits per heavy atom. The molecule has 0 N–H and O–H groups in total. The van der Waals surface area contributed by atoms with E-state index in [2.05, 4.69) is 0 Å². The number of benzene rings is 2. The maximum atomic E-state index is 12.4. The quantitative estimate of drug-likeness (QED) is 0.753. The van der Waals surface area contributed by atoms with Crippen LogP contribution in [0.15, 0.2) is 42.5 Å². The lowest BCUT2D eigenvalue weighted by Gasteiger charge is -2.32. The summed E-state index contributed by atoms with van der Waals surface area (Å²) in [6.07, 6.45) is 1.16. The fraction of sp³-hybridized carbons (Fsp3) is 0.364. The summed E-state index contributed by atoms with van der Waals surface area (Å²) in [4.78, 5) is 25.4. The molecule has 2 aromatic rings. The minimum absolute atomic E-state index is 0.332. The first-order valence-electron chi connectivity index (χ1n) is 9.11. The molecule has 27 heavy (non-hydrogen) atoms. The highest BCUT2D eigenvalue weighted by Crippen LogP contribution is 2.31. The van der Waals surface area contributed by atoms with Crippen LogP contribution in [0.3, 0.4) is 0 Å². The topological polar surface area (TPSA) is 55.8 Å². The van der Waals surface area contributed by atoms with Gasteiger partial charge in [-0.3, -0.25) is 4.79 Å². The van der Waals surface area contributed by atoms with Crippen LogP contribution in [0.2, 0.25) is 0 Å². The number of fused-ring (bicyclic) bond motifs is 1. The van der Waals surface area contributed by atoms with Crippen LogP contribution in [0.5, 0.6) is 5.75 Å². The maximum Gasteiger partial charge on any atom is 0.410 e. The van der Waals surface area contributed by atoms with Crippen LogP contribution in [0.25, 0.3) is 0 Å². The lowest BCUT2D eigenvalue weighted by atomic mass is 9.96. The van der Waals surface area contributed by atoms with Crippen molar-refractivity contribution >= 4 is 12.4 Å². The lowest BCUT2D eigenvalue weighted by Crippen LogP contribution is -2.40. The molecular formula is C22H25NO4. The fourth-order valence-corrected chi connectivity index (χ4v) is 3.07. The third-order valence-electron chi connectivity index (χ3n) is 4.35.